The summed E-state index contributed by atoms with van der Waals surface area (Å²) < 4.78 is 16.6. The van der Waals surface area contributed by atoms with Crippen molar-refractivity contribution >= 4 is 28.4 Å². The minimum absolute atomic E-state index is 0.0512. The number of nitrogens with one attached hydrogen (secondary N) is 1. The first-order chi connectivity index (χ1) is 17.0. The van der Waals surface area contributed by atoms with Crippen LogP contribution in [0, 0.1) is 17.7 Å². The van der Waals surface area contributed by atoms with Gasteiger partial charge in [-0.2, -0.15) is 5.10 Å². The molecule has 1 atom stereocenters. The van der Waals surface area contributed by atoms with E-state index < -0.39 is 11.5 Å². The zero-order chi connectivity index (χ0) is 24.1. The molecule has 2 aromatic heterocycles. The standard InChI is InChI=1S/C26H23ClFN5O2/c27-20-13-23(21(28)12-19(20)18-6-3-16-2-1-8-29-22(16)11-18)33-24(30-31-26(33)35)10-15-7-9-32(14-15)25(34)17-4-5-17/h1-3,6,8,11-13,15,17H,4-5,7,9-10,14H2,(H,31,35). The fourth-order valence-corrected chi connectivity index (χ4v) is 5.19. The molecule has 3 heterocycles. The van der Waals surface area contributed by atoms with E-state index in [-0.39, 0.29) is 23.4 Å². The summed E-state index contributed by atoms with van der Waals surface area (Å²) >= 11 is 6.59. The van der Waals surface area contributed by atoms with Gasteiger partial charge >= 0.3 is 5.69 Å². The first-order valence-electron chi connectivity index (χ1n) is 11.8. The lowest BCUT2D eigenvalue weighted by molar-refractivity contribution is -0.131. The molecular formula is C26H23ClFN5O2. The summed E-state index contributed by atoms with van der Waals surface area (Å²) in [6, 6.07) is 12.3. The van der Waals surface area contributed by atoms with Crippen LogP contribution in [0.5, 0.6) is 0 Å². The SMILES string of the molecule is O=C(C1CC1)N1CCC(Cc2n[nH]c(=O)n2-c2cc(Cl)c(-c3ccc4cccnc4c3)cc2F)C1. The van der Waals surface area contributed by atoms with E-state index in [1.807, 2.05) is 35.2 Å². The van der Waals surface area contributed by atoms with Gasteiger partial charge in [-0.05, 0) is 55.0 Å². The minimum atomic E-state index is -0.577. The van der Waals surface area contributed by atoms with Crippen molar-refractivity contribution < 1.29 is 9.18 Å². The van der Waals surface area contributed by atoms with Gasteiger partial charge in [0.2, 0.25) is 5.91 Å². The molecule has 178 valence electrons. The smallest absolute Gasteiger partial charge is 0.342 e. The van der Waals surface area contributed by atoms with E-state index in [4.69, 9.17) is 11.6 Å². The van der Waals surface area contributed by atoms with Gasteiger partial charge < -0.3 is 4.90 Å². The highest BCUT2D eigenvalue weighted by Gasteiger charge is 2.37. The van der Waals surface area contributed by atoms with Gasteiger partial charge in [0.1, 0.15) is 11.6 Å². The van der Waals surface area contributed by atoms with Crippen LogP contribution in [-0.4, -0.2) is 43.6 Å². The van der Waals surface area contributed by atoms with Gasteiger partial charge in [0, 0.05) is 42.6 Å². The van der Waals surface area contributed by atoms with E-state index in [0.29, 0.717) is 35.9 Å². The molecule has 1 aliphatic heterocycles. The number of benzene rings is 2. The highest BCUT2D eigenvalue weighted by atomic mass is 35.5. The summed E-state index contributed by atoms with van der Waals surface area (Å²) in [4.78, 5) is 31.3. The highest BCUT2D eigenvalue weighted by molar-refractivity contribution is 6.33. The van der Waals surface area contributed by atoms with Crippen molar-refractivity contribution in [2.24, 2.45) is 11.8 Å². The zero-order valence-corrected chi connectivity index (χ0v) is 19.6. The molecule has 6 rings (SSSR count). The molecule has 0 spiro atoms. The van der Waals surface area contributed by atoms with Crippen LogP contribution < -0.4 is 5.69 Å². The van der Waals surface area contributed by atoms with Crippen molar-refractivity contribution in [3.63, 3.8) is 0 Å². The maximum absolute atomic E-state index is 15.4. The molecule has 2 aliphatic rings. The van der Waals surface area contributed by atoms with E-state index in [2.05, 4.69) is 15.2 Å². The molecular weight excluding hydrogens is 469 g/mol. The van der Waals surface area contributed by atoms with Gasteiger partial charge in [-0.1, -0.05) is 29.8 Å². The Kier molecular flexibility index (Phi) is 5.40. The Morgan fingerprint density at radius 2 is 2.03 bits per heavy atom. The largest absolute Gasteiger partial charge is 0.348 e. The van der Waals surface area contributed by atoms with Gasteiger partial charge in [0.25, 0.3) is 0 Å². The van der Waals surface area contributed by atoms with E-state index in [1.165, 1.54) is 16.7 Å². The van der Waals surface area contributed by atoms with Crippen LogP contribution in [-0.2, 0) is 11.2 Å². The minimum Gasteiger partial charge on any atom is -0.342 e. The molecule has 35 heavy (non-hydrogen) atoms. The fraction of sp³-hybridized carbons (Fsp3) is 0.308. The second kappa shape index (κ2) is 8.61. The number of hydrogen-bond acceptors (Lipinski definition) is 4. The van der Waals surface area contributed by atoms with Crippen molar-refractivity contribution in [2.75, 3.05) is 13.1 Å². The van der Waals surface area contributed by atoms with Gasteiger partial charge in [-0.15, -0.1) is 0 Å². The first-order valence-corrected chi connectivity index (χ1v) is 12.2. The number of hydrogen-bond donors (Lipinski definition) is 1. The Hall–Kier alpha value is -3.52. The molecule has 0 radical (unpaired) electrons. The van der Waals surface area contributed by atoms with E-state index in [0.717, 1.165) is 35.7 Å². The Labute approximate surface area is 205 Å². The third-order valence-electron chi connectivity index (χ3n) is 6.93. The number of likely N-dealkylation sites (tertiary alicyclic amines) is 1. The molecule has 7 nitrogen and oxygen atoms in total. The van der Waals surface area contributed by atoms with Gasteiger partial charge in [0.05, 0.1) is 16.2 Å². The average molecular weight is 492 g/mol. The maximum atomic E-state index is 15.4. The molecule has 1 amide bonds. The molecule has 4 aromatic rings. The summed E-state index contributed by atoms with van der Waals surface area (Å²) in [5.41, 5.74) is 1.56. The summed E-state index contributed by atoms with van der Waals surface area (Å²) in [6.45, 7) is 1.35. The Bertz CT molecular complexity index is 1510. The quantitative estimate of drug-likeness (QED) is 0.449. The summed E-state index contributed by atoms with van der Waals surface area (Å²) in [5.74, 6) is 0.426. The summed E-state index contributed by atoms with van der Waals surface area (Å²) in [7, 11) is 0. The Morgan fingerprint density at radius 3 is 2.86 bits per heavy atom. The van der Waals surface area contributed by atoms with Crippen LogP contribution in [0.1, 0.15) is 25.1 Å². The number of carbonyl (C=O) groups excluding carboxylic acids is 1. The van der Waals surface area contributed by atoms with Gasteiger partial charge in [0.15, 0.2) is 0 Å². The second-order valence-corrected chi connectivity index (χ2v) is 9.80. The summed E-state index contributed by atoms with van der Waals surface area (Å²) in [5, 5.41) is 7.90. The fourth-order valence-electron chi connectivity index (χ4n) is 4.92. The highest BCUT2D eigenvalue weighted by Crippen LogP contribution is 2.35. The molecule has 1 saturated heterocycles. The first kappa shape index (κ1) is 22.0. The molecule has 1 unspecified atom stereocenters. The second-order valence-electron chi connectivity index (χ2n) is 9.39. The molecule has 1 aliphatic carbocycles. The zero-order valence-electron chi connectivity index (χ0n) is 18.9. The van der Waals surface area contributed by atoms with E-state index in [9.17, 15) is 9.59 Å². The number of pyridine rings is 1. The molecule has 0 bridgehead atoms. The number of aromatic nitrogens is 4. The number of carbonyl (C=O) groups is 1. The van der Waals surface area contributed by atoms with Gasteiger partial charge in [-0.25, -0.2) is 18.9 Å². The summed E-state index contributed by atoms with van der Waals surface area (Å²) in [6.07, 6.45) is 4.95. The molecule has 1 N–H and O–H groups in total. The molecule has 2 fully saturated rings. The lowest BCUT2D eigenvalue weighted by Gasteiger charge is -2.16. The number of amides is 1. The number of fused-ring (bicyclic) bond motifs is 1. The Balaban J connectivity index is 1.29. The van der Waals surface area contributed by atoms with Crippen LogP contribution in [0.3, 0.4) is 0 Å². The van der Waals surface area contributed by atoms with Crippen LogP contribution in [0.25, 0.3) is 27.7 Å². The maximum Gasteiger partial charge on any atom is 0.348 e. The van der Waals surface area contributed by atoms with Crippen molar-refractivity contribution in [1.29, 1.82) is 0 Å². The van der Waals surface area contributed by atoms with Gasteiger partial charge in [-0.3, -0.25) is 9.78 Å². The number of rotatable bonds is 5. The number of nitrogens with zero attached hydrogens (tertiary/aromatic N) is 4. The van der Waals surface area contributed by atoms with Crippen LogP contribution >= 0.6 is 11.6 Å². The van der Waals surface area contributed by atoms with E-state index in [1.54, 1.807) is 6.20 Å². The van der Waals surface area contributed by atoms with E-state index >= 15 is 4.39 Å². The van der Waals surface area contributed by atoms with Crippen LogP contribution in [0.2, 0.25) is 5.02 Å². The predicted octanol–water partition coefficient (Wildman–Crippen LogP) is 4.37. The molecule has 9 heteroatoms. The number of H-pyrrole nitrogens is 1. The molecule has 1 saturated carbocycles. The normalized spacial score (nSPS) is 17.9. The lowest BCUT2D eigenvalue weighted by Crippen LogP contribution is -2.30. The monoisotopic (exact) mass is 491 g/mol. The Morgan fingerprint density at radius 1 is 1.17 bits per heavy atom. The van der Waals surface area contributed by atoms with Crippen LogP contribution in [0.15, 0.2) is 53.5 Å². The topological polar surface area (TPSA) is 83.9 Å². The van der Waals surface area contributed by atoms with Crippen molar-refractivity contribution in [2.45, 2.75) is 25.7 Å². The van der Waals surface area contributed by atoms with Crippen molar-refractivity contribution in [1.82, 2.24) is 24.6 Å². The third-order valence-corrected chi connectivity index (χ3v) is 7.24. The van der Waals surface area contributed by atoms with Crippen LogP contribution in [0.4, 0.5) is 4.39 Å². The number of halogens is 2. The lowest BCUT2D eigenvalue weighted by atomic mass is 10.0. The number of aromatic amines is 1. The predicted molar refractivity (Wildman–Crippen MR) is 131 cm³/mol. The van der Waals surface area contributed by atoms with Crippen molar-refractivity contribution in [3.05, 3.63) is 75.8 Å². The van der Waals surface area contributed by atoms with Crippen molar-refractivity contribution in [3.8, 4) is 16.8 Å². The molecule has 2 aromatic carbocycles. The third kappa shape index (κ3) is 4.12. The average Bonchev–Trinajstić information content (AvgIpc) is 3.51.